The van der Waals surface area contributed by atoms with Gasteiger partial charge in [0.1, 0.15) is 5.76 Å². The van der Waals surface area contributed by atoms with E-state index in [2.05, 4.69) is 5.32 Å². The second-order valence-corrected chi connectivity index (χ2v) is 3.38. The second-order valence-electron chi connectivity index (χ2n) is 3.38. The molecule has 0 spiro atoms. The number of aliphatic hydroxyl groups is 1. The van der Waals surface area contributed by atoms with E-state index in [0.717, 1.165) is 0 Å². The highest BCUT2D eigenvalue weighted by Crippen LogP contribution is 2.27. The van der Waals surface area contributed by atoms with Gasteiger partial charge < -0.3 is 10.4 Å². The average Bonchev–Trinajstić information content (AvgIpc) is 2.08. The van der Waals surface area contributed by atoms with Crippen LogP contribution in [-0.2, 0) is 4.79 Å². The summed E-state index contributed by atoms with van der Waals surface area (Å²) in [6.45, 7) is 5.72. The topological polar surface area (TPSA) is 49.3 Å². The van der Waals surface area contributed by atoms with Crippen LogP contribution in [0, 0.1) is 5.92 Å². The number of amides is 1. The number of nitrogens with one attached hydrogen (secondary N) is 1. The van der Waals surface area contributed by atoms with Crippen molar-refractivity contribution in [2.24, 2.45) is 5.92 Å². The number of carbonyl (C=O) groups is 1. The van der Waals surface area contributed by atoms with Crippen LogP contribution in [0.1, 0.15) is 20.8 Å². The van der Waals surface area contributed by atoms with Gasteiger partial charge in [-0.15, -0.1) is 0 Å². The van der Waals surface area contributed by atoms with Crippen molar-refractivity contribution < 1.29 is 9.90 Å². The first kappa shape index (κ1) is 8.11. The lowest BCUT2D eigenvalue weighted by atomic mass is 9.88. The highest BCUT2D eigenvalue weighted by Gasteiger charge is 2.38. The first-order valence-corrected chi connectivity index (χ1v) is 3.70. The summed E-state index contributed by atoms with van der Waals surface area (Å²) in [5.41, 5.74) is -0.558. The molecule has 3 heteroatoms. The van der Waals surface area contributed by atoms with E-state index in [4.69, 9.17) is 0 Å². The fourth-order valence-corrected chi connectivity index (χ4v) is 1.07. The van der Waals surface area contributed by atoms with Gasteiger partial charge in [-0.3, -0.25) is 4.79 Å². The van der Waals surface area contributed by atoms with E-state index in [9.17, 15) is 9.90 Å². The molecule has 0 bridgehead atoms. The zero-order valence-corrected chi connectivity index (χ0v) is 7.01. The SMILES string of the molecule is CC(C)C1(C)NC(=O)C=C1O. The first-order chi connectivity index (χ1) is 4.97. The Hall–Kier alpha value is -0.990. The molecule has 2 N–H and O–H groups in total. The molecule has 1 amide bonds. The van der Waals surface area contributed by atoms with E-state index in [1.807, 2.05) is 20.8 Å². The van der Waals surface area contributed by atoms with E-state index in [1.54, 1.807) is 0 Å². The van der Waals surface area contributed by atoms with E-state index in [-0.39, 0.29) is 17.6 Å². The van der Waals surface area contributed by atoms with Crippen molar-refractivity contribution in [2.75, 3.05) is 0 Å². The van der Waals surface area contributed by atoms with Crippen LogP contribution < -0.4 is 5.32 Å². The Morgan fingerprint density at radius 2 is 2.18 bits per heavy atom. The summed E-state index contributed by atoms with van der Waals surface area (Å²) < 4.78 is 0. The zero-order valence-electron chi connectivity index (χ0n) is 7.01. The molecule has 1 heterocycles. The molecule has 0 aliphatic carbocycles. The fraction of sp³-hybridized carbons (Fsp3) is 0.625. The summed E-state index contributed by atoms with van der Waals surface area (Å²) in [5, 5.41) is 12.1. The van der Waals surface area contributed by atoms with Gasteiger partial charge in [-0.05, 0) is 12.8 Å². The predicted molar refractivity (Wildman–Crippen MR) is 42.1 cm³/mol. The molecule has 0 aromatic heterocycles. The maximum absolute atomic E-state index is 10.8. The summed E-state index contributed by atoms with van der Waals surface area (Å²) in [7, 11) is 0. The molecule has 3 nitrogen and oxygen atoms in total. The average molecular weight is 155 g/mol. The number of hydrogen-bond acceptors (Lipinski definition) is 2. The Balaban J connectivity index is 2.92. The molecule has 0 aromatic carbocycles. The summed E-state index contributed by atoms with van der Waals surface area (Å²) in [5.74, 6) is 0.126. The number of rotatable bonds is 1. The molecule has 1 rings (SSSR count). The number of aliphatic hydroxyl groups excluding tert-OH is 1. The minimum absolute atomic E-state index is 0.137. The largest absolute Gasteiger partial charge is 0.510 e. The molecule has 0 saturated carbocycles. The van der Waals surface area contributed by atoms with Crippen molar-refractivity contribution in [3.8, 4) is 0 Å². The van der Waals surface area contributed by atoms with Gasteiger partial charge in [-0.1, -0.05) is 13.8 Å². The Morgan fingerprint density at radius 3 is 2.36 bits per heavy atom. The molecule has 1 atom stereocenters. The van der Waals surface area contributed by atoms with Gasteiger partial charge >= 0.3 is 0 Å². The Bertz CT molecular complexity index is 220. The van der Waals surface area contributed by atoms with Gasteiger partial charge in [0, 0.05) is 6.08 Å². The molecule has 0 fully saturated rings. The van der Waals surface area contributed by atoms with Crippen LogP contribution in [0.3, 0.4) is 0 Å². The summed E-state index contributed by atoms with van der Waals surface area (Å²) in [4.78, 5) is 10.8. The Morgan fingerprint density at radius 1 is 1.64 bits per heavy atom. The quantitative estimate of drug-likeness (QED) is 0.592. The zero-order chi connectivity index (χ0) is 8.65. The van der Waals surface area contributed by atoms with E-state index in [1.165, 1.54) is 6.08 Å². The van der Waals surface area contributed by atoms with Crippen LogP contribution in [0.25, 0.3) is 0 Å². The predicted octanol–water partition coefficient (Wildman–Crippen LogP) is 0.973. The van der Waals surface area contributed by atoms with Gasteiger partial charge in [0.2, 0.25) is 5.91 Å². The van der Waals surface area contributed by atoms with E-state index in [0.29, 0.717) is 0 Å². The third-order valence-corrected chi connectivity index (χ3v) is 2.34. The standard InChI is InChI=1S/C8H13NO2/c1-5(2)8(3)6(10)4-7(11)9-8/h4-5,10H,1-3H3,(H,9,11). The number of carbonyl (C=O) groups excluding carboxylic acids is 1. The molecule has 62 valence electrons. The minimum Gasteiger partial charge on any atom is -0.510 e. The van der Waals surface area contributed by atoms with Crippen molar-refractivity contribution in [1.82, 2.24) is 5.32 Å². The smallest absolute Gasteiger partial charge is 0.248 e. The molecule has 1 aliphatic rings. The van der Waals surface area contributed by atoms with Crippen molar-refractivity contribution in [3.63, 3.8) is 0 Å². The van der Waals surface area contributed by atoms with E-state index < -0.39 is 5.54 Å². The molecule has 0 radical (unpaired) electrons. The third kappa shape index (κ3) is 1.11. The van der Waals surface area contributed by atoms with Crippen molar-refractivity contribution >= 4 is 5.91 Å². The van der Waals surface area contributed by atoms with Gasteiger partial charge in [0.25, 0.3) is 0 Å². The summed E-state index contributed by atoms with van der Waals surface area (Å²) in [6, 6.07) is 0. The van der Waals surface area contributed by atoms with Crippen LogP contribution in [-0.4, -0.2) is 16.6 Å². The van der Waals surface area contributed by atoms with Crippen LogP contribution in [0.5, 0.6) is 0 Å². The molecule has 0 saturated heterocycles. The fourth-order valence-electron chi connectivity index (χ4n) is 1.07. The molecular weight excluding hydrogens is 142 g/mol. The Labute approximate surface area is 66.1 Å². The summed E-state index contributed by atoms with van der Waals surface area (Å²) in [6.07, 6.45) is 1.24. The van der Waals surface area contributed by atoms with Crippen LogP contribution in [0.2, 0.25) is 0 Å². The van der Waals surface area contributed by atoms with Gasteiger partial charge in [0.05, 0.1) is 5.54 Å². The molecular formula is C8H13NO2. The van der Waals surface area contributed by atoms with Crippen molar-refractivity contribution in [3.05, 3.63) is 11.8 Å². The highest BCUT2D eigenvalue weighted by atomic mass is 16.3. The van der Waals surface area contributed by atoms with Crippen LogP contribution >= 0.6 is 0 Å². The van der Waals surface area contributed by atoms with Crippen LogP contribution in [0.4, 0.5) is 0 Å². The van der Waals surface area contributed by atoms with Gasteiger partial charge in [-0.25, -0.2) is 0 Å². The molecule has 0 aromatic rings. The lowest BCUT2D eigenvalue weighted by Gasteiger charge is -2.29. The maximum atomic E-state index is 10.8. The second kappa shape index (κ2) is 2.26. The Kier molecular flexibility index (Phi) is 1.66. The van der Waals surface area contributed by atoms with Gasteiger partial charge in [0.15, 0.2) is 0 Å². The van der Waals surface area contributed by atoms with Crippen LogP contribution in [0.15, 0.2) is 11.8 Å². The minimum atomic E-state index is -0.558. The lowest BCUT2D eigenvalue weighted by Crippen LogP contribution is -2.46. The van der Waals surface area contributed by atoms with Crippen molar-refractivity contribution in [2.45, 2.75) is 26.3 Å². The number of hydrogen-bond donors (Lipinski definition) is 2. The highest BCUT2D eigenvalue weighted by molar-refractivity contribution is 5.92. The third-order valence-electron chi connectivity index (χ3n) is 2.34. The maximum Gasteiger partial charge on any atom is 0.248 e. The monoisotopic (exact) mass is 155 g/mol. The first-order valence-electron chi connectivity index (χ1n) is 3.70. The van der Waals surface area contributed by atoms with Crippen molar-refractivity contribution in [1.29, 1.82) is 0 Å². The van der Waals surface area contributed by atoms with E-state index >= 15 is 0 Å². The molecule has 1 aliphatic heterocycles. The molecule has 11 heavy (non-hydrogen) atoms. The summed E-state index contributed by atoms with van der Waals surface area (Å²) >= 11 is 0. The normalized spacial score (nSPS) is 30.5. The molecule has 1 unspecified atom stereocenters. The lowest BCUT2D eigenvalue weighted by molar-refractivity contribution is -0.117. The van der Waals surface area contributed by atoms with Gasteiger partial charge in [-0.2, -0.15) is 0 Å².